The first kappa shape index (κ1) is 14.6. The maximum Gasteiger partial charge on any atom is 0.0614 e. The van der Waals surface area contributed by atoms with Crippen LogP contribution in [0, 0.1) is 17.3 Å². The fourth-order valence-corrected chi connectivity index (χ4v) is 8.23. The topological polar surface area (TPSA) is 20.2 Å². The molecular weight excluding hydrogens is 272 g/mol. The van der Waals surface area contributed by atoms with Gasteiger partial charge in [0.05, 0.1) is 4.08 Å². The molecule has 0 amide bonds. The maximum absolute atomic E-state index is 9.14. The molecule has 0 aromatic carbocycles. The van der Waals surface area contributed by atoms with Crippen LogP contribution in [0.5, 0.6) is 0 Å². The van der Waals surface area contributed by atoms with Gasteiger partial charge < -0.3 is 5.11 Å². The van der Waals surface area contributed by atoms with E-state index in [9.17, 15) is 0 Å². The monoisotopic (exact) mass is 300 g/mol. The summed E-state index contributed by atoms with van der Waals surface area (Å²) in [5, 5.41) is 9.14. The Hall–Kier alpha value is 0.660. The molecule has 3 rings (SSSR count). The van der Waals surface area contributed by atoms with Gasteiger partial charge >= 0.3 is 0 Å². The van der Waals surface area contributed by atoms with E-state index in [-0.39, 0.29) is 0 Å². The van der Waals surface area contributed by atoms with Crippen molar-refractivity contribution >= 4 is 23.5 Å². The smallest absolute Gasteiger partial charge is 0.0614 e. The van der Waals surface area contributed by atoms with Gasteiger partial charge in [-0.05, 0) is 62.2 Å². The SMILES string of the molecule is C[C@]12CCC3(CC1CCCC2CCCO)SCCS3. The van der Waals surface area contributed by atoms with E-state index >= 15 is 0 Å². The minimum atomic E-state index is 0.382. The van der Waals surface area contributed by atoms with E-state index in [1.807, 2.05) is 0 Å². The second-order valence-electron chi connectivity index (χ2n) is 7.01. The Kier molecular flexibility index (Phi) is 4.46. The summed E-state index contributed by atoms with van der Waals surface area (Å²) in [4.78, 5) is 0. The van der Waals surface area contributed by atoms with Gasteiger partial charge in [0.2, 0.25) is 0 Å². The summed E-state index contributed by atoms with van der Waals surface area (Å²) < 4.78 is 0.600. The van der Waals surface area contributed by atoms with Gasteiger partial charge in [0.1, 0.15) is 0 Å². The van der Waals surface area contributed by atoms with Crippen LogP contribution in [0.25, 0.3) is 0 Å². The van der Waals surface area contributed by atoms with Crippen LogP contribution in [-0.4, -0.2) is 27.3 Å². The van der Waals surface area contributed by atoms with Crippen molar-refractivity contribution in [3.8, 4) is 0 Å². The number of rotatable bonds is 3. The third kappa shape index (κ3) is 2.72. The van der Waals surface area contributed by atoms with Gasteiger partial charge in [-0.2, -0.15) is 0 Å². The normalized spacial score (nSPS) is 41.4. The summed E-state index contributed by atoms with van der Waals surface area (Å²) in [5.41, 5.74) is 0.586. The van der Waals surface area contributed by atoms with E-state index < -0.39 is 0 Å². The molecule has 3 fully saturated rings. The van der Waals surface area contributed by atoms with Crippen molar-refractivity contribution in [1.29, 1.82) is 0 Å². The molecule has 0 aromatic rings. The first-order chi connectivity index (χ1) is 9.19. The van der Waals surface area contributed by atoms with Gasteiger partial charge in [-0.1, -0.05) is 13.3 Å². The summed E-state index contributed by atoms with van der Waals surface area (Å²) in [7, 11) is 0. The van der Waals surface area contributed by atoms with Crippen molar-refractivity contribution in [1.82, 2.24) is 0 Å². The number of aliphatic hydroxyl groups is 1. The Morgan fingerprint density at radius 3 is 2.68 bits per heavy atom. The molecular formula is C16H28OS2. The Morgan fingerprint density at radius 2 is 1.95 bits per heavy atom. The van der Waals surface area contributed by atoms with Gasteiger partial charge in [0, 0.05) is 18.1 Å². The molecule has 3 aliphatic rings. The number of aliphatic hydroxyl groups excluding tert-OH is 1. The first-order valence-corrected chi connectivity index (χ1v) is 10.0. The molecule has 3 atom stereocenters. The second kappa shape index (κ2) is 5.81. The van der Waals surface area contributed by atoms with Gasteiger partial charge in [-0.15, -0.1) is 23.5 Å². The fraction of sp³-hybridized carbons (Fsp3) is 1.00. The highest BCUT2D eigenvalue weighted by Crippen LogP contribution is 2.63. The lowest BCUT2D eigenvalue weighted by Gasteiger charge is -2.55. The molecule has 0 bridgehead atoms. The molecule has 1 saturated heterocycles. The minimum Gasteiger partial charge on any atom is -0.396 e. The Labute approximate surface area is 126 Å². The molecule has 2 saturated carbocycles. The molecule has 2 unspecified atom stereocenters. The predicted octanol–water partition coefficient (Wildman–Crippen LogP) is 4.54. The molecule has 2 aliphatic carbocycles. The number of hydrogen-bond donors (Lipinski definition) is 1. The average Bonchev–Trinajstić information content (AvgIpc) is 2.86. The summed E-state index contributed by atoms with van der Waals surface area (Å²) in [6.07, 6.45) is 10.9. The van der Waals surface area contributed by atoms with E-state index in [2.05, 4.69) is 30.4 Å². The van der Waals surface area contributed by atoms with Crippen molar-refractivity contribution in [3.05, 3.63) is 0 Å². The van der Waals surface area contributed by atoms with E-state index in [4.69, 9.17) is 5.11 Å². The van der Waals surface area contributed by atoms with Crippen LogP contribution >= 0.6 is 23.5 Å². The van der Waals surface area contributed by atoms with Crippen molar-refractivity contribution < 1.29 is 5.11 Å². The lowest BCUT2D eigenvalue weighted by atomic mass is 9.54. The zero-order valence-electron chi connectivity index (χ0n) is 12.2. The van der Waals surface area contributed by atoms with Gasteiger partial charge in [-0.25, -0.2) is 0 Å². The lowest BCUT2D eigenvalue weighted by Crippen LogP contribution is -2.46. The van der Waals surface area contributed by atoms with E-state index in [0.717, 1.165) is 18.3 Å². The van der Waals surface area contributed by atoms with Crippen molar-refractivity contribution in [2.24, 2.45) is 17.3 Å². The van der Waals surface area contributed by atoms with Gasteiger partial charge in [0.15, 0.2) is 0 Å². The molecule has 1 N–H and O–H groups in total. The number of thioether (sulfide) groups is 2. The van der Waals surface area contributed by atoms with Crippen LogP contribution in [0.4, 0.5) is 0 Å². The van der Waals surface area contributed by atoms with Gasteiger partial charge in [-0.3, -0.25) is 0 Å². The zero-order chi connectivity index (χ0) is 13.3. The molecule has 1 aliphatic heterocycles. The quantitative estimate of drug-likeness (QED) is 0.826. The molecule has 0 aromatic heterocycles. The number of hydrogen-bond acceptors (Lipinski definition) is 3. The van der Waals surface area contributed by atoms with E-state index in [1.165, 1.54) is 56.5 Å². The van der Waals surface area contributed by atoms with Crippen LogP contribution < -0.4 is 0 Å². The molecule has 1 spiro atoms. The Morgan fingerprint density at radius 1 is 1.16 bits per heavy atom. The third-order valence-corrected chi connectivity index (χ3v) is 9.67. The predicted molar refractivity (Wildman–Crippen MR) is 86.8 cm³/mol. The van der Waals surface area contributed by atoms with Crippen LogP contribution in [0.3, 0.4) is 0 Å². The number of fused-ring (bicyclic) bond motifs is 1. The zero-order valence-corrected chi connectivity index (χ0v) is 13.8. The van der Waals surface area contributed by atoms with Crippen molar-refractivity contribution in [3.63, 3.8) is 0 Å². The highest BCUT2D eigenvalue weighted by Gasteiger charge is 2.52. The third-order valence-electron chi connectivity index (χ3n) is 6.10. The largest absolute Gasteiger partial charge is 0.396 e. The van der Waals surface area contributed by atoms with Crippen LogP contribution in [-0.2, 0) is 0 Å². The highest BCUT2D eigenvalue weighted by atomic mass is 32.2. The summed E-state index contributed by atoms with van der Waals surface area (Å²) in [5.74, 6) is 4.59. The van der Waals surface area contributed by atoms with E-state index in [1.54, 1.807) is 0 Å². The van der Waals surface area contributed by atoms with Crippen LogP contribution in [0.2, 0.25) is 0 Å². The lowest BCUT2D eigenvalue weighted by molar-refractivity contribution is -0.00617. The first-order valence-electron chi connectivity index (χ1n) is 8.07. The average molecular weight is 301 g/mol. The van der Waals surface area contributed by atoms with Crippen LogP contribution in [0.1, 0.15) is 58.3 Å². The maximum atomic E-state index is 9.14. The fourth-order valence-electron chi connectivity index (χ4n) is 4.86. The molecule has 0 radical (unpaired) electrons. The van der Waals surface area contributed by atoms with Crippen LogP contribution in [0.15, 0.2) is 0 Å². The Balaban J connectivity index is 1.71. The van der Waals surface area contributed by atoms with E-state index in [0.29, 0.717) is 16.1 Å². The summed E-state index contributed by atoms with van der Waals surface area (Å²) in [6.45, 7) is 2.96. The summed E-state index contributed by atoms with van der Waals surface area (Å²) in [6, 6.07) is 0. The van der Waals surface area contributed by atoms with Crippen molar-refractivity contribution in [2.75, 3.05) is 18.1 Å². The highest BCUT2D eigenvalue weighted by molar-refractivity contribution is 8.21. The molecule has 19 heavy (non-hydrogen) atoms. The second-order valence-corrected chi connectivity index (χ2v) is 10.2. The Bertz CT molecular complexity index is 314. The molecule has 3 heteroatoms. The summed E-state index contributed by atoms with van der Waals surface area (Å²) >= 11 is 4.52. The molecule has 1 nitrogen and oxygen atoms in total. The standard InChI is InChI=1S/C16H28OS2/c1-15-7-8-16(18-10-11-19-16)12-14(15)5-2-4-13(15)6-3-9-17/h13-14,17H,2-12H2,1H3/t13?,14?,15-/m1/s1. The van der Waals surface area contributed by atoms with Crippen molar-refractivity contribution in [2.45, 2.75) is 62.4 Å². The molecule has 110 valence electrons. The minimum absolute atomic E-state index is 0.382. The van der Waals surface area contributed by atoms with Gasteiger partial charge in [0.25, 0.3) is 0 Å². The molecule has 1 heterocycles.